The van der Waals surface area contributed by atoms with Gasteiger partial charge in [-0.1, -0.05) is 18.2 Å². The minimum atomic E-state index is 0.0947. The lowest BCUT2D eigenvalue weighted by molar-refractivity contribution is -0.121. The van der Waals surface area contributed by atoms with E-state index in [1.165, 1.54) is 0 Å². The van der Waals surface area contributed by atoms with Gasteiger partial charge in [-0.3, -0.25) is 9.78 Å². The number of rotatable bonds is 8. The molecule has 0 unspecified atom stereocenters. The molecule has 1 aliphatic rings. The first kappa shape index (κ1) is 16.7. The highest BCUT2D eigenvalue weighted by atomic mass is 16.5. The highest BCUT2D eigenvalue weighted by Crippen LogP contribution is 2.22. The quantitative estimate of drug-likeness (QED) is 0.757. The van der Waals surface area contributed by atoms with E-state index in [0.717, 1.165) is 48.9 Å². The molecule has 5 nitrogen and oxygen atoms in total. The first-order valence-electron chi connectivity index (χ1n) is 8.68. The van der Waals surface area contributed by atoms with Crippen molar-refractivity contribution in [1.29, 1.82) is 0 Å². The van der Waals surface area contributed by atoms with E-state index in [1.54, 1.807) is 6.20 Å². The van der Waals surface area contributed by atoms with Crippen molar-refractivity contribution in [2.45, 2.75) is 38.2 Å². The van der Waals surface area contributed by atoms with Gasteiger partial charge in [0.2, 0.25) is 5.91 Å². The Balaban J connectivity index is 1.34. The van der Waals surface area contributed by atoms with Crippen LogP contribution in [0.5, 0.6) is 5.75 Å². The number of fused-ring (bicyclic) bond motifs is 1. The maximum atomic E-state index is 11.8. The number of para-hydroxylation sites is 1. The van der Waals surface area contributed by atoms with Gasteiger partial charge < -0.3 is 14.8 Å². The molecule has 1 amide bonds. The lowest BCUT2D eigenvalue weighted by atomic mass is 10.1. The summed E-state index contributed by atoms with van der Waals surface area (Å²) in [6, 6.07) is 9.84. The molecular formula is C19H24N2O3. The van der Waals surface area contributed by atoms with Crippen LogP contribution in [0, 0.1) is 0 Å². The molecule has 1 atom stereocenters. The predicted octanol–water partition coefficient (Wildman–Crippen LogP) is 3.08. The largest absolute Gasteiger partial charge is 0.491 e. The van der Waals surface area contributed by atoms with E-state index < -0.39 is 0 Å². The summed E-state index contributed by atoms with van der Waals surface area (Å²) in [5.74, 6) is 0.884. The highest BCUT2D eigenvalue weighted by Gasteiger charge is 2.16. The van der Waals surface area contributed by atoms with Gasteiger partial charge >= 0.3 is 0 Å². The average Bonchev–Trinajstić information content (AvgIpc) is 3.13. The minimum Gasteiger partial charge on any atom is -0.491 e. The van der Waals surface area contributed by atoms with Crippen molar-refractivity contribution in [3.63, 3.8) is 0 Å². The molecular weight excluding hydrogens is 304 g/mol. The third-order valence-electron chi connectivity index (χ3n) is 4.21. The predicted molar refractivity (Wildman–Crippen MR) is 93.1 cm³/mol. The van der Waals surface area contributed by atoms with Crippen molar-refractivity contribution in [2.75, 3.05) is 19.8 Å². The molecule has 1 aromatic heterocycles. The molecule has 1 saturated heterocycles. The summed E-state index contributed by atoms with van der Waals surface area (Å²) in [4.78, 5) is 16.2. The summed E-state index contributed by atoms with van der Waals surface area (Å²) in [5.41, 5.74) is 0.876. The molecule has 0 saturated carbocycles. The lowest BCUT2D eigenvalue weighted by Crippen LogP contribution is -2.26. The molecule has 2 heterocycles. The van der Waals surface area contributed by atoms with Crippen molar-refractivity contribution in [1.82, 2.24) is 10.3 Å². The zero-order valence-electron chi connectivity index (χ0n) is 13.9. The van der Waals surface area contributed by atoms with Crippen LogP contribution < -0.4 is 10.1 Å². The second-order valence-electron chi connectivity index (χ2n) is 6.06. The van der Waals surface area contributed by atoms with Crippen LogP contribution in [0.3, 0.4) is 0 Å². The number of nitrogens with zero attached hydrogens (tertiary/aromatic N) is 1. The van der Waals surface area contributed by atoms with Crippen molar-refractivity contribution < 1.29 is 14.3 Å². The molecule has 0 aliphatic carbocycles. The van der Waals surface area contributed by atoms with Crippen molar-refractivity contribution in [3.05, 3.63) is 36.5 Å². The fraction of sp³-hybridized carbons (Fsp3) is 0.474. The highest BCUT2D eigenvalue weighted by molar-refractivity contribution is 5.84. The Bertz CT molecular complexity index is 663. The third kappa shape index (κ3) is 4.68. The Morgan fingerprint density at radius 1 is 1.33 bits per heavy atom. The number of hydrogen-bond acceptors (Lipinski definition) is 4. The molecule has 128 valence electrons. The van der Waals surface area contributed by atoms with E-state index >= 15 is 0 Å². The Labute approximate surface area is 142 Å². The van der Waals surface area contributed by atoms with E-state index in [1.807, 2.05) is 30.3 Å². The number of hydrogen-bond donors (Lipinski definition) is 1. The smallest absolute Gasteiger partial charge is 0.220 e. The van der Waals surface area contributed by atoms with Gasteiger partial charge in [0.1, 0.15) is 11.3 Å². The number of pyridine rings is 1. The van der Waals surface area contributed by atoms with E-state index in [0.29, 0.717) is 19.6 Å². The number of amides is 1. The third-order valence-corrected chi connectivity index (χ3v) is 4.21. The van der Waals surface area contributed by atoms with Crippen LogP contribution in [-0.4, -0.2) is 36.8 Å². The SMILES string of the molecule is O=C(CC[C@H]1CCCO1)NCCCOc1cccc2cccnc12. The van der Waals surface area contributed by atoms with Gasteiger partial charge in [0, 0.05) is 31.2 Å². The number of benzene rings is 1. The van der Waals surface area contributed by atoms with Crippen molar-refractivity contribution in [2.24, 2.45) is 0 Å². The molecule has 1 fully saturated rings. The van der Waals surface area contributed by atoms with E-state index in [-0.39, 0.29) is 12.0 Å². The van der Waals surface area contributed by atoms with Gasteiger partial charge in [0.05, 0.1) is 12.7 Å². The van der Waals surface area contributed by atoms with Crippen molar-refractivity contribution >= 4 is 16.8 Å². The topological polar surface area (TPSA) is 60.5 Å². The van der Waals surface area contributed by atoms with Gasteiger partial charge in [-0.05, 0) is 37.8 Å². The van der Waals surface area contributed by atoms with Gasteiger partial charge in [-0.15, -0.1) is 0 Å². The van der Waals surface area contributed by atoms with Crippen LogP contribution >= 0.6 is 0 Å². The zero-order chi connectivity index (χ0) is 16.6. The maximum absolute atomic E-state index is 11.8. The number of carbonyl (C=O) groups excluding carboxylic acids is 1. The van der Waals surface area contributed by atoms with Gasteiger partial charge in [-0.25, -0.2) is 0 Å². The Morgan fingerprint density at radius 3 is 3.12 bits per heavy atom. The van der Waals surface area contributed by atoms with Crippen LogP contribution in [0.4, 0.5) is 0 Å². The van der Waals surface area contributed by atoms with Crippen LogP contribution in [0.15, 0.2) is 36.5 Å². The minimum absolute atomic E-state index is 0.0947. The summed E-state index contributed by atoms with van der Waals surface area (Å²) in [6.07, 6.45) is 6.38. The number of aromatic nitrogens is 1. The molecule has 0 radical (unpaired) electrons. The summed E-state index contributed by atoms with van der Waals surface area (Å²) in [6.45, 7) is 2.02. The number of ether oxygens (including phenoxy) is 2. The Hall–Kier alpha value is -2.14. The Kier molecular flexibility index (Phi) is 6.01. The average molecular weight is 328 g/mol. The number of carbonyl (C=O) groups is 1. The summed E-state index contributed by atoms with van der Waals surface area (Å²) >= 11 is 0. The molecule has 24 heavy (non-hydrogen) atoms. The summed E-state index contributed by atoms with van der Waals surface area (Å²) < 4.78 is 11.3. The van der Waals surface area contributed by atoms with Crippen LogP contribution in [-0.2, 0) is 9.53 Å². The van der Waals surface area contributed by atoms with Crippen LogP contribution in [0.25, 0.3) is 10.9 Å². The molecule has 1 N–H and O–H groups in total. The van der Waals surface area contributed by atoms with E-state index in [4.69, 9.17) is 9.47 Å². The standard InChI is InChI=1S/C19H24N2O3/c22-18(10-9-16-7-3-13-23-16)20-12-4-14-24-17-8-1-5-15-6-2-11-21-19(15)17/h1-2,5-6,8,11,16H,3-4,7,9-10,12-14H2,(H,20,22)/t16-/m1/s1. The van der Waals surface area contributed by atoms with E-state index in [2.05, 4.69) is 10.3 Å². The van der Waals surface area contributed by atoms with Crippen molar-refractivity contribution in [3.8, 4) is 5.75 Å². The van der Waals surface area contributed by atoms with Gasteiger partial charge in [-0.2, -0.15) is 0 Å². The summed E-state index contributed by atoms with van der Waals surface area (Å²) in [7, 11) is 0. The maximum Gasteiger partial charge on any atom is 0.220 e. The second kappa shape index (κ2) is 8.64. The fourth-order valence-electron chi connectivity index (χ4n) is 2.93. The van der Waals surface area contributed by atoms with Gasteiger partial charge in [0.25, 0.3) is 0 Å². The molecule has 1 aliphatic heterocycles. The molecule has 2 aromatic rings. The monoisotopic (exact) mass is 328 g/mol. The zero-order valence-corrected chi connectivity index (χ0v) is 13.9. The molecule has 0 bridgehead atoms. The lowest BCUT2D eigenvalue weighted by Gasteiger charge is -2.10. The van der Waals surface area contributed by atoms with Crippen LogP contribution in [0.2, 0.25) is 0 Å². The first-order valence-corrected chi connectivity index (χ1v) is 8.68. The van der Waals surface area contributed by atoms with E-state index in [9.17, 15) is 4.79 Å². The second-order valence-corrected chi connectivity index (χ2v) is 6.06. The molecule has 3 rings (SSSR count). The number of nitrogens with one attached hydrogen (secondary N) is 1. The molecule has 1 aromatic carbocycles. The van der Waals surface area contributed by atoms with Crippen LogP contribution in [0.1, 0.15) is 32.1 Å². The van der Waals surface area contributed by atoms with Gasteiger partial charge in [0.15, 0.2) is 0 Å². The molecule has 5 heteroatoms. The fourth-order valence-corrected chi connectivity index (χ4v) is 2.93. The Morgan fingerprint density at radius 2 is 2.25 bits per heavy atom. The normalized spacial score (nSPS) is 17.1. The summed E-state index contributed by atoms with van der Waals surface area (Å²) in [5, 5.41) is 4.01. The first-order chi connectivity index (χ1) is 11.8. The molecule has 0 spiro atoms.